The van der Waals surface area contributed by atoms with Crippen molar-refractivity contribution in [1.82, 2.24) is 4.98 Å². The number of aromatic nitrogens is 1. The van der Waals surface area contributed by atoms with Crippen molar-refractivity contribution in [2.24, 2.45) is 0 Å². The van der Waals surface area contributed by atoms with Crippen LogP contribution in [0, 0.1) is 0 Å². The van der Waals surface area contributed by atoms with Crippen LogP contribution in [-0.2, 0) is 9.05 Å². The van der Waals surface area contributed by atoms with Crippen LogP contribution in [0.2, 0.25) is 0 Å². The molecule has 0 aliphatic carbocycles. The topological polar surface area (TPSA) is 85.7 Å². The second-order valence-corrected chi connectivity index (χ2v) is 5.30. The fraction of sp³-hybridized carbons (Fsp3) is 0.286. The molecule has 0 atom stereocenters. The Morgan fingerprint density at radius 2 is 2.00 bits per heavy atom. The zero-order valence-corrected chi connectivity index (χ0v) is 10.1. The number of ether oxygens (including phenoxy) is 2. The van der Waals surface area contributed by atoms with Gasteiger partial charge in [0.1, 0.15) is 0 Å². The molecule has 1 heterocycles. The van der Waals surface area contributed by atoms with Crippen molar-refractivity contribution < 1.29 is 36.2 Å². The first-order valence-electron chi connectivity index (χ1n) is 4.02. The highest BCUT2D eigenvalue weighted by atomic mass is 35.7. The Balaban J connectivity index is 3.49. The van der Waals surface area contributed by atoms with E-state index >= 15 is 0 Å². The van der Waals surface area contributed by atoms with Crippen LogP contribution in [-0.4, -0.2) is 32.0 Å². The van der Waals surface area contributed by atoms with Crippen LogP contribution in [0.4, 0.5) is 13.2 Å². The summed E-state index contributed by atoms with van der Waals surface area (Å²) in [4.78, 5) is 2.01. The molecule has 102 valence electrons. The number of alkyl halides is 3. The predicted molar refractivity (Wildman–Crippen MR) is 52.2 cm³/mol. The number of pyridine rings is 1. The zero-order valence-electron chi connectivity index (χ0n) is 8.52. The van der Waals surface area contributed by atoms with E-state index in [9.17, 15) is 26.7 Å². The summed E-state index contributed by atoms with van der Waals surface area (Å²) in [5, 5.41) is 9.24. The molecule has 0 saturated heterocycles. The smallest absolute Gasteiger partial charge is 0.505 e. The first-order chi connectivity index (χ1) is 8.06. The van der Waals surface area contributed by atoms with Crippen LogP contribution in [0.3, 0.4) is 0 Å². The van der Waals surface area contributed by atoms with Crippen LogP contribution in [0.25, 0.3) is 0 Å². The number of aromatic hydroxyl groups is 1. The molecule has 0 amide bonds. The van der Waals surface area contributed by atoms with Crippen LogP contribution in [0.15, 0.2) is 11.1 Å². The van der Waals surface area contributed by atoms with Gasteiger partial charge in [-0.2, -0.15) is 0 Å². The van der Waals surface area contributed by atoms with Crippen molar-refractivity contribution in [1.29, 1.82) is 0 Å². The molecule has 1 N–H and O–H groups in total. The van der Waals surface area contributed by atoms with Crippen LogP contribution in [0.1, 0.15) is 0 Å². The van der Waals surface area contributed by atoms with Crippen molar-refractivity contribution in [3.05, 3.63) is 6.20 Å². The summed E-state index contributed by atoms with van der Waals surface area (Å²) in [6.45, 7) is 0. The molecule has 0 bridgehead atoms. The number of methoxy groups -OCH3 is 1. The second kappa shape index (κ2) is 4.69. The van der Waals surface area contributed by atoms with Gasteiger partial charge >= 0.3 is 6.36 Å². The van der Waals surface area contributed by atoms with E-state index in [1.807, 2.05) is 0 Å². The molecule has 0 fully saturated rings. The Bertz CT molecular complexity index is 559. The summed E-state index contributed by atoms with van der Waals surface area (Å²) in [5.41, 5.74) is 0. The molecule has 6 nitrogen and oxygen atoms in total. The number of hydrogen-bond acceptors (Lipinski definition) is 6. The Morgan fingerprint density at radius 3 is 2.39 bits per heavy atom. The fourth-order valence-corrected chi connectivity index (χ4v) is 2.19. The fourth-order valence-electron chi connectivity index (χ4n) is 1.05. The number of hydrogen-bond donors (Lipinski definition) is 1. The van der Waals surface area contributed by atoms with Gasteiger partial charge in [-0.3, -0.25) is 0 Å². The molecular weight excluding hydrogens is 303 g/mol. The standard InChI is InChI=1S/C7H5ClF3NO5S/c1-16-4-5(18(8,14)15)3(13)2-12-6(4)17-7(9,10)11/h2,13H,1H3. The Kier molecular flexibility index (Phi) is 3.81. The zero-order chi connectivity index (χ0) is 14.1. The van der Waals surface area contributed by atoms with E-state index in [4.69, 9.17) is 10.7 Å². The van der Waals surface area contributed by atoms with Crippen molar-refractivity contribution in [3.8, 4) is 17.4 Å². The van der Waals surface area contributed by atoms with Gasteiger partial charge in [-0.1, -0.05) is 0 Å². The first-order valence-corrected chi connectivity index (χ1v) is 6.33. The minimum Gasteiger partial charge on any atom is -0.505 e. The molecule has 0 aromatic carbocycles. The van der Waals surface area contributed by atoms with Crippen molar-refractivity contribution in [3.63, 3.8) is 0 Å². The van der Waals surface area contributed by atoms with Gasteiger partial charge in [0, 0.05) is 10.7 Å². The minimum atomic E-state index is -5.11. The SMILES string of the molecule is COc1c(OC(F)(F)F)ncc(O)c1S(=O)(=O)Cl. The molecule has 0 unspecified atom stereocenters. The van der Waals surface area contributed by atoms with Gasteiger partial charge in [0.25, 0.3) is 14.9 Å². The van der Waals surface area contributed by atoms with E-state index in [0.29, 0.717) is 6.20 Å². The lowest BCUT2D eigenvalue weighted by atomic mass is 10.4. The third-order valence-corrected chi connectivity index (χ3v) is 2.94. The first kappa shape index (κ1) is 14.6. The quantitative estimate of drug-likeness (QED) is 0.854. The molecular formula is C7H5ClF3NO5S. The minimum absolute atomic E-state index is 0.443. The Labute approximate surface area is 103 Å². The van der Waals surface area contributed by atoms with E-state index < -0.39 is 37.7 Å². The summed E-state index contributed by atoms with van der Waals surface area (Å²) in [6.07, 6.45) is -4.66. The lowest BCUT2D eigenvalue weighted by Crippen LogP contribution is -2.19. The third-order valence-electron chi connectivity index (χ3n) is 1.60. The molecule has 11 heteroatoms. The second-order valence-electron chi connectivity index (χ2n) is 2.80. The average molecular weight is 308 g/mol. The molecule has 0 radical (unpaired) electrons. The van der Waals surface area contributed by atoms with Crippen molar-refractivity contribution in [2.75, 3.05) is 7.11 Å². The molecule has 1 aromatic rings. The van der Waals surface area contributed by atoms with Crippen molar-refractivity contribution in [2.45, 2.75) is 11.3 Å². The highest BCUT2D eigenvalue weighted by Crippen LogP contribution is 2.41. The summed E-state index contributed by atoms with van der Waals surface area (Å²) >= 11 is 0. The summed E-state index contributed by atoms with van der Waals surface area (Å²) in [6, 6.07) is 0. The Hall–Kier alpha value is -1.42. The van der Waals surface area contributed by atoms with Crippen LogP contribution in [0.5, 0.6) is 17.4 Å². The van der Waals surface area contributed by atoms with Gasteiger partial charge in [-0.05, 0) is 0 Å². The average Bonchev–Trinajstić information content (AvgIpc) is 2.16. The van der Waals surface area contributed by atoms with E-state index in [1.54, 1.807) is 0 Å². The van der Waals surface area contributed by atoms with Gasteiger partial charge in [-0.25, -0.2) is 13.4 Å². The van der Waals surface area contributed by atoms with Crippen LogP contribution < -0.4 is 9.47 Å². The number of halogens is 4. The van der Waals surface area contributed by atoms with Gasteiger partial charge in [0.05, 0.1) is 13.3 Å². The molecule has 18 heavy (non-hydrogen) atoms. The lowest BCUT2D eigenvalue weighted by molar-refractivity contribution is -0.276. The highest BCUT2D eigenvalue weighted by molar-refractivity contribution is 8.13. The number of nitrogens with zero attached hydrogens (tertiary/aromatic N) is 1. The maximum absolute atomic E-state index is 12.0. The highest BCUT2D eigenvalue weighted by Gasteiger charge is 2.36. The monoisotopic (exact) mass is 307 g/mol. The summed E-state index contributed by atoms with van der Waals surface area (Å²) in [5.74, 6) is -3.08. The largest absolute Gasteiger partial charge is 0.574 e. The van der Waals surface area contributed by atoms with E-state index in [-0.39, 0.29) is 0 Å². The molecule has 0 aliphatic heterocycles. The maximum atomic E-state index is 12.0. The number of rotatable bonds is 3. The molecule has 0 aliphatic rings. The van der Waals surface area contributed by atoms with E-state index in [0.717, 1.165) is 7.11 Å². The lowest BCUT2D eigenvalue weighted by Gasteiger charge is -2.13. The predicted octanol–water partition coefficient (Wildman–Crippen LogP) is 1.62. The van der Waals surface area contributed by atoms with Gasteiger partial charge < -0.3 is 14.6 Å². The van der Waals surface area contributed by atoms with Crippen molar-refractivity contribution >= 4 is 19.7 Å². The molecule has 1 aromatic heterocycles. The summed E-state index contributed by atoms with van der Waals surface area (Å²) < 4.78 is 66.2. The van der Waals surface area contributed by atoms with Gasteiger partial charge in [-0.15, -0.1) is 13.2 Å². The molecule has 0 saturated carbocycles. The summed E-state index contributed by atoms with van der Waals surface area (Å²) in [7, 11) is 1.28. The maximum Gasteiger partial charge on any atom is 0.574 e. The third kappa shape index (κ3) is 3.29. The molecule has 1 rings (SSSR count). The van der Waals surface area contributed by atoms with Gasteiger partial charge in [0.2, 0.25) is 5.75 Å². The van der Waals surface area contributed by atoms with E-state index in [1.165, 1.54) is 0 Å². The van der Waals surface area contributed by atoms with E-state index in [2.05, 4.69) is 14.5 Å². The normalized spacial score (nSPS) is 12.3. The van der Waals surface area contributed by atoms with Gasteiger partial charge in [0.15, 0.2) is 10.6 Å². The Morgan fingerprint density at radius 1 is 1.44 bits per heavy atom. The molecule has 0 spiro atoms. The van der Waals surface area contributed by atoms with Crippen LogP contribution >= 0.6 is 10.7 Å².